The molecule has 0 bridgehead atoms. The smallest absolute Gasteiger partial charge is 0.298 e. The molecule has 2 aromatic carbocycles. The summed E-state index contributed by atoms with van der Waals surface area (Å²) in [5.41, 5.74) is 9.91. The van der Waals surface area contributed by atoms with Gasteiger partial charge in [0.2, 0.25) is 0 Å². The lowest BCUT2D eigenvalue weighted by molar-refractivity contribution is 0.103. The summed E-state index contributed by atoms with van der Waals surface area (Å²) in [7, 11) is -10.3. The van der Waals surface area contributed by atoms with Gasteiger partial charge in [0.1, 0.15) is 9.79 Å². The maximum absolute atomic E-state index is 12.5. The van der Waals surface area contributed by atoms with Crippen LogP contribution in [0, 0.1) is 0 Å². The normalized spacial score (nSPS) is 12.1. The summed E-state index contributed by atoms with van der Waals surface area (Å²) in [6, 6.07) is 7.20. The third-order valence-corrected chi connectivity index (χ3v) is 5.10. The number of nitrogen functional groups attached to an aromatic ring is 2. The van der Waals surface area contributed by atoms with Crippen LogP contribution in [0.5, 0.6) is 0 Å². The van der Waals surface area contributed by atoms with Crippen molar-refractivity contribution in [3.8, 4) is 0 Å². The Balaban J connectivity index is 2.85. The maximum Gasteiger partial charge on any atom is 0.298 e. The number of hydrogen-bond donors (Lipinski definition) is 4. The largest absolute Gasteiger partial charge is 0.399 e. The predicted octanol–water partition coefficient (Wildman–Crippen LogP) is 0.575. The number of nitrogens with two attached hydrogens (primary N) is 2. The van der Waals surface area contributed by atoms with Crippen LogP contribution >= 0.6 is 0 Å². The average molecular weight is 372 g/mol. The molecule has 0 spiro atoms. The summed E-state index contributed by atoms with van der Waals surface area (Å²) in [5.74, 6) is -0.910. The van der Waals surface area contributed by atoms with E-state index >= 15 is 0 Å². The number of anilines is 2. The van der Waals surface area contributed by atoms with Crippen molar-refractivity contribution in [3.05, 3.63) is 47.5 Å². The topological polar surface area (TPSA) is 178 Å². The number of ketones is 1. The van der Waals surface area contributed by atoms with E-state index in [2.05, 4.69) is 0 Å². The van der Waals surface area contributed by atoms with Crippen LogP contribution in [0.1, 0.15) is 15.9 Å². The Bertz CT molecular complexity index is 1030. The van der Waals surface area contributed by atoms with E-state index in [1.807, 2.05) is 0 Å². The van der Waals surface area contributed by atoms with Gasteiger partial charge in [-0.1, -0.05) is 0 Å². The minimum Gasteiger partial charge on any atom is -0.399 e. The Morgan fingerprint density at radius 1 is 0.792 bits per heavy atom. The first kappa shape index (κ1) is 17.9. The summed E-state index contributed by atoms with van der Waals surface area (Å²) in [6.07, 6.45) is 0. The van der Waals surface area contributed by atoms with Crippen molar-refractivity contribution in [1.29, 1.82) is 0 Å². The molecule has 0 radical (unpaired) electrons. The van der Waals surface area contributed by atoms with Crippen molar-refractivity contribution in [2.24, 2.45) is 0 Å². The zero-order valence-electron chi connectivity index (χ0n) is 11.9. The molecule has 2 aromatic rings. The van der Waals surface area contributed by atoms with Gasteiger partial charge in [-0.25, -0.2) is 0 Å². The molecule has 0 unspecified atom stereocenters. The van der Waals surface area contributed by atoms with E-state index in [-0.39, 0.29) is 5.56 Å². The second-order valence-electron chi connectivity index (χ2n) is 4.76. The Morgan fingerprint density at radius 3 is 1.75 bits per heavy atom. The lowest BCUT2D eigenvalue weighted by atomic mass is 10.0. The lowest BCUT2D eigenvalue weighted by Crippen LogP contribution is -2.17. The van der Waals surface area contributed by atoms with Crippen LogP contribution in [0.2, 0.25) is 0 Å². The molecule has 9 nitrogen and oxygen atoms in total. The number of hydrogen-bond acceptors (Lipinski definition) is 7. The van der Waals surface area contributed by atoms with Gasteiger partial charge in [-0.05, 0) is 36.4 Å². The fraction of sp³-hybridized carbons (Fsp3) is 0. The SMILES string of the molecule is Nc1ccc(C(=O)c2ccc(N)c(S(=O)(=O)O)c2S(=O)(=O)O)cc1. The third kappa shape index (κ3) is 3.38. The Kier molecular flexibility index (Phi) is 4.37. The summed E-state index contributed by atoms with van der Waals surface area (Å²) >= 11 is 0. The van der Waals surface area contributed by atoms with Crippen LogP contribution in [0.15, 0.2) is 46.2 Å². The van der Waals surface area contributed by atoms with Gasteiger partial charge >= 0.3 is 0 Å². The highest BCUT2D eigenvalue weighted by molar-refractivity contribution is 7.89. The number of benzene rings is 2. The van der Waals surface area contributed by atoms with E-state index in [1.165, 1.54) is 24.3 Å². The molecule has 0 aliphatic heterocycles. The van der Waals surface area contributed by atoms with Crippen molar-refractivity contribution >= 4 is 37.4 Å². The molecule has 0 aromatic heterocycles. The minimum absolute atomic E-state index is 0.0137. The van der Waals surface area contributed by atoms with E-state index in [1.54, 1.807) is 0 Å². The summed E-state index contributed by atoms with van der Waals surface area (Å²) < 4.78 is 64.7. The van der Waals surface area contributed by atoms with Crippen LogP contribution in [0.4, 0.5) is 11.4 Å². The standard InChI is InChI=1S/C13H12N2O7S2/c14-8-3-1-7(2-4-8)11(16)9-5-6-10(15)13(24(20,21)22)12(9)23(17,18)19/h1-6H,14-15H2,(H,17,18,19)(H,20,21,22). The van der Waals surface area contributed by atoms with E-state index in [0.717, 1.165) is 12.1 Å². The minimum atomic E-state index is -5.20. The molecule has 0 heterocycles. The second kappa shape index (κ2) is 5.87. The first-order valence-corrected chi connectivity index (χ1v) is 9.08. The molecule has 11 heteroatoms. The highest BCUT2D eigenvalue weighted by Gasteiger charge is 2.32. The van der Waals surface area contributed by atoms with E-state index < -0.39 is 47.1 Å². The van der Waals surface area contributed by atoms with Gasteiger partial charge in [-0.3, -0.25) is 13.9 Å². The molecule has 24 heavy (non-hydrogen) atoms. The zero-order valence-corrected chi connectivity index (χ0v) is 13.5. The molecule has 6 N–H and O–H groups in total. The monoisotopic (exact) mass is 372 g/mol. The van der Waals surface area contributed by atoms with Crippen molar-refractivity contribution in [2.75, 3.05) is 11.5 Å². The van der Waals surface area contributed by atoms with Gasteiger partial charge in [0.05, 0.1) is 5.69 Å². The zero-order chi connectivity index (χ0) is 18.3. The molecular weight excluding hydrogens is 360 g/mol. The lowest BCUT2D eigenvalue weighted by Gasteiger charge is -2.12. The third-order valence-electron chi connectivity index (χ3n) is 3.08. The van der Waals surface area contributed by atoms with Crippen molar-refractivity contribution < 1.29 is 30.7 Å². The first-order chi connectivity index (χ1) is 10.9. The van der Waals surface area contributed by atoms with E-state index in [0.29, 0.717) is 5.69 Å². The van der Waals surface area contributed by atoms with Gasteiger partial charge in [0, 0.05) is 16.8 Å². The Labute approximate surface area is 137 Å². The summed E-state index contributed by atoms with van der Waals surface area (Å²) in [6.45, 7) is 0. The van der Waals surface area contributed by atoms with Crippen LogP contribution in [-0.2, 0) is 20.2 Å². The molecule has 128 valence electrons. The molecule has 0 saturated carbocycles. The van der Waals surface area contributed by atoms with Crippen molar-refractivity contribution in [3.63, 3.8) is 0 Å². The van der Waals surface area contributed by atoms with Crippen molar-refractivity contribution in [1.82, 2.24) is 0 Å². The Hall–Kier alpha value is -2.47. The molecule has 0 atom stereocenters. The highest BCUT2D eigenvalue weighted by atomic mass is 32.2. The van der Waals surface area contributed by atoms with Crippen LogP contribution < -0.4 is 11.5 Å². The maximum atomic E-state index is 12.5. The molecule has 0 saturated heterocycles. The van der Waals surface area contributed by atoms with Gasteiger partial charge in [0.25, 0.3) is 20.2 Å². The molecule has 0 aliphatic carbocycles. The van der Waals surface area contributed by atoms with Gasteiger partial charge in [-0.15, -0.1) is 0 Å². The fourth-order valence-corrected chi connectivity index (χ4v) is 4.20. The average Bonchev–Trinajstić information content (AvgIpc) is 2.44. The Morgan fingerprint density at radius 2 is 1.29 bits per heavy atom. The summed E-state index contributed by atoms with van der Waals surface area (Å²) in [4.78, 5) is 9.94. The molecular formula is C13H12N2O7S2. The van der Waals surface area contributed by atoms with Gasteiger partial charge in [-0.2, -0.15) is 16.8 Å². The van der Waals surface area contributed by atoms with Gasteiger partial charge < -0.3 is 11.5 Å². The molecule has 0 aliphatic rings. The fourth-order valence-electron chi connectivity index (χ4n) is 2.07. The number of rotatable bonds is 4. The number of carbonyl (C=O) groups excluding carboxylic acids is 1. The van der Waals surface area contributed by atoms with Crippen molar-refractivity contribution in [2.45, 2.75) is 9.79 Å². The first-order valence-electron chi connectivity index (χ1n) is 6.20. The van der Waals surface area contributed by atoms with E-state index in [9.17, 15) is 30.7 Å². The highest BCUT2D eigenvalue weighted by Crippen LogP contribution is 2.31. The second-order valence-corrected chi connectivity index (χ2v) is 7.48. The number of carbonyl (C=O) groups is 1. The van der Waals surface area contributed by atoms with E-state index in [4.69, 9.17) is 11.5 Å². The summed E-state index contributed by atoms with van der Waals surface area (Å²) in [5, 5.41) is 0. The molecule has 2 rings (SSSR count). The van der Waals surface area contributed by atoms with Crippen LogP contribution in [0.25, 0.3) is 0 Å². The van der Waals surface area contributed by atoms with Crippen LogP contribution in [-0.4, -0.2) is 31.7 Å². The molecule has 0 fully saturated rings. The quantitative estimate of drug-likeness (QED) is 0.339. The predicted molar refractivity (Wildman–Crippen MR) is 84.8 cm³/mol. The van der Waals surface area contributed by atoms with Gasteiger partial charge in [0.15, 0.2) is 5.78 Å². The molecule has 0 amide bonds. The van der Waals surface area contributed by atoms with Crippen LogP contribution in [0.3, 0.4) is 0 Å².